The third-order valence-corrected chi connectivity index (χ3v) is 6.51. The first kappa shape index (κ1) is 19.7. The Balaban J connectivity index is 1.60. The van der Waals surface area contributed by atoms with Crippen molar-refractivity contribution >= 4 is 11.9 Å². The Bertz CT molecular complexity index is 944. The van der Waals surface area contributed by atoms with Crippen molar-refractivity contribution in [3.05, 3.63) is 69.3 Å². The molecule has 29 heavy (non-hydrogen) atoms. The van der Waals surface area contributed by atoms with Crippen molar-refractivity contribution in [2.24, 2.45) is 5.92 Å². The number of carboxylic acids is 2. The molecule has 4 heteroatoms. The van der Waals surface area contributed by atoms with Crippen LogP contribution in [0.4, 0.5) is 0 Å². The Labute approximate surface area is 171 Å². The van der Waals surface area contributed by atoms with Crippen LogP contribution >= 0.6 is 0 Å². The zero-order chi connectivity index (χ0) is 20.4. The molecule has 1 atom stereocenters. The number of hydrogen-bond donors (Lipinski definition) is 2. The van der Waals surface area contributed by atoms with Gasteiger partial charge < -0.3 is 10.2 Å². The Morgan fingerprint density at radius 1 is 0.759 bits per heavy atom. The van der Waals surface area contributed by atoms with E-state index in [0.717, 1.165) is 49.7 Å². The van der Waals surface area contributed by atoms with Crippen molar-refractivity contribution in [2.75, 3.05) is 0 Å². The van der Waals surface area contributed by atoms with E-state index in [1.807, 2.05) is 12.1 Å². The first-order valence-corrected chi connectivity index (χ1v) is 10.7. The van der Waals surface area contributed by atoms with Crippen LogP contribution in [0.2, 0.25) is 0 Å². The summed E-state index contributed by atoms with van der Waals surface area (Å²) in [7, 11) is 0. The monoisotopic (exact) mass is 392 g/mol. The second-order valence-corrected chi connectivity index (χ2v) is 8.54. The molecule has 0 aliphatic heterocycles. The van der Waals surface area contributed by atoms with E-state index >= 15 is 0 Å². The lowest BCUT2D eigenvalue weighted by Crippen LogP contribution is -2.21. The summed E-state index contributed by atoms with van der Waals surface area (Å²) in [6, 6.07) is 10.1. The molecule has 152 valence electrons. The maximum absolute atomic E-state index is 12.0. The van der Waals surface area contributed by atoms with Gasteiger partial charge in [0.25, 0.3) is 0 Å². The predicted octanol–water partition coefficient (Wildman–Crippen LogP) is 4.63. The lowest BCUT2D eigenvalue weighted by molar-refractivity contribution is -0.141. The van der Waals surface area contributed by atoms with Gasteiger partial charge >= 0.3 is 11.9 Å². The summed E-state index contributed by atoms with van der Waals surface area (Å²) in [5.74, 6) is -2.46. The molecule has 0 fully saturated rings. The van der Waals surface area contributed by atoms with Gasteiger partial charge in [-0.1, -0.05) is 24.3 Å². The minimum atomic E-state index is -0.966. The van der Waals surface area contributed by atoms with Gasteiger partial charge in [0.2, 0.25) is 0 Å². The molecule has 0 bridgehead atoms. The number of aromatic carboxylic acids is 1. The minimum Gasteiger partial charge on any atom is -0.481 e. The summed E-state index contributed by atoms with van der Waals surface area (Å²) in [5.41, 5.74) is 6.99. The number of aryl methyl sites for hydroxylation is 4. The molecule has 0 amide bonds. The van der Waals surface area contributed by atoms with Crippen LogP contribution in [0.25, 0.3) is 0 Å². The lowest BCUT2D eigenvalue weighted by Gasteiger charge is -2.21. The standard InChI is InChI=1S/C25H28O4/c26-24(27)22(12-16-9-10-17-5-1-2-6-18(17)11-16)14-21-13-19-7-3-4-8-20(19)15-23(21)25(28)29/h9-11,13,15,22H,1-8,12,14H2,(H,26,27)(H,28,29)/t22-/m0/s1. The molecule has 0 unspecified atom stereocenters. The smallest absolute Gasteiger partial charge is 0.335 e. The number of fused-ring (bicyclic) bond motifs is 2. The molecule has 4 nitrogen and oxygen atoms in total. The summed E-state index contributed by atoms with van der Waals surface area (Å²) in [6.07, 6.45) is 9.32. The van der Waals surface area contributed by atoms with E-state index in [-0.39, 0.29) is 12.0 Å². The van der Waals surface area contributed by atoms with Gasteiger partial charge in [0, 0.05) is 0 Å². The van der Waals surface area contributed by atoms with Gasteiger partial charge in [-0.3, -0.25) is 4.79 Å². The largest absolute Gasteiger partial charge is 0.481 e. The molecule has 0 spiro atoms. The van der Waals surface area contributed by atoms with Gasteiger partial charge in [0.05, 0.1) is 11.5 Å². The van der Waals surface area contributed by atoms with Gasteiger partial charge in [-0.2, -0.15) is 0 Å². The fourth-order valence-electron chi connectivity index (χ4n) is 4.92. The summed E-state index contributed by atoms with van der Waals surface area (Å²) in [4.78, 5) is 23.8. The summed E-state index contributed by atoms with van der Waals surface area (Å²) >= 11 is 0. The zero-order valence-corrected chi connectivity index (χ0v) is 16.7. The van der Waals surface area contributed by atoms with Crippen molar-refractivity contribution < 1.29 is 19.8 Å². The SMILES string of the molecule is O=C(O)c1cc2c(cc1C[C@H](Cc1ccc3c(c1)CCCC3)C(=O)O)CCCC2. The Morgan fingerprint density at radius 2 is 1.34 bits per heavy atom. The minimum absolute atomic E-state index is 0.251. The van der Waals surface area contributed by atoms with Crippen molar-refractivity contribution in [1.29, 1.82) is 0 Å². The van der Waals surface area contributed by atoms with Gasteiger partial charge in [-0.05, 0) is 104 Å². The lowest BCUT2D eigenvalue weighted by atomic mass is 9.83. The van der Waals surface area contributed by atoms with Crippen LogP contribution in [0.5, 0.6) is 0 Å². The average molecular weight is 392 g/mol. The normalized spacial score (nSPS) is 16.6. The molecular formula is C25H28O4. The van der Waals surface area contributed by atoms with Crippen LogP contribution in [0.15, 0.2) is 30.3 Å². The molecule has 0 heterocycles. The summed E-state index contributed by atoms with van der Waals surface area (Å²) in [5, 5.41) is 19.5. The van der Waals surface area contributed by atoms with Crippen LogP contribution in [0.3, 0.4) is 0 Å². The zero-order valence-electron chi connectivity index (χ0n) is 16.7. The number of carboxylic acid groups (broad SMARTS) is 2. The Kier molecular flexibility index (Phi) is 5.70. The number of aliphatic carboxylic acids is 1. The predicted molar refractivity (Wildman–Crippen MR) is 112 cm³/mol. The van der Waals surface area contributed by atoms with Gasteiger partial charge in [-0.15, -0.1) is 0 Å². The van der Waals surface area contributed by atoms with E-state index in [0.29, 0.717) is 12.0 Å². The highest BCUT2D eigenvalue weighted by Crippen LogP contribution is 2.28. The number of rotatable bonds is 6. The van der Waals surface area contributed by atoms with Gasteiger partial charge in [-0.25, -0.2) is 4.79 Å². The second-order valence-electron chi connectivity index (χ2n) is 8.54. The summed E-state index contributed by atoms with van der Waals surface area (Å²) in [6.45, 7) is 0. The summed E-state index contributed by atoms with van der Waals surface area (Å²) < 4.78 is 0. The second kappa shape index (κ2) is 8.40. The first-order chi connectivity index (χ1) is 14.0. The number of carbonyl (C=O) groups is 2. The molecule has 0 saturated heterocycles. The van der Waals surface area contributed by atoms with Crippen molar-refractivity contribution in [3.8, 4) is 0 Å². The quantitative estimate of drug-likeness (QED) is 0.752. The molecule has 2 aromatic rings. The molecule has 0 aromatic heterocycles. The Hall–Kier alpha value is -2.62. The highest BCUT2D eigenvalue weighted by molar-refractivity contribution is 5.90. The molecule has 2 aliphatic rings. The van der Waals surface area contributed by atoms with Crippen molar-refractivity contribution in [3.63, 3.8) is 0 Å². The third-order valence-electron chi connectivity index (χ3n) is 6.51. The number of hydrogen-bond acceptors (Lipinski definition) is 2. The van der Waals surface area contributed by atoms with Crippen LogP contribution in [0, 0.1) is 5.92 Å². The van der Waals surface area contributed by atoms with E-state index < -0.39 is 17.9 Å². The molecule has 2 N–H and O–H groups in total. The van der Waals surface area contributed by atoms with E-state index in [1.54, 1.807) is 6.07 Å². The van der Waals surface area contributed by atoms with E-state index in [9.17, 15) is 19.8 Å². The first-order valence-electron chi connectivity index (χ1n) is 10.7. The van der Waals surface area contributed by atoms with E-state index in [4.69, 9.17) is 0 Å². The Morgan fingerprint density at radius 3 is 1.97 bits per heavy atom. The van der Waals surface area contributed by atoms with E-state index in [1.165, 1.54) is 29.5 Å². The maximum atomic E-state index is 12.0. The topological polar surface area (TPSA) is 74.6 Å². The third kappa shape index (κ3) is 4.36. The fraction of sp³-hybridized carbons (Fsp3) is 0.440. The highest BCUT2D eigenvalue weighted by atomic mass is 16.4. The van der Waals surface area contributed by atoms with Crippen LogP contribution < -0.4 is 0 Å². The van der Waals surface area contributed by atoms with Gasteiger partial charge in [0.15, 0.2) is 0 Å². The maximum Gasteiger partial charge on any atom is 0.335 e. The van der Waals surface area contributed by atoms with Crippen LogP contribution in [-0.4, -0.2) is 22.2 Å². The highest BCUT2D eigenvalue weighted by Gasteiger charge is 2.24. The van der Waals surface area contributed by atoms with Crippen LogP contribution in [-0.2, 0) is 43.3 Å². The average Bonchev–Trinajstić information content (AvgIpc) is 2.72. The van der Waals surface area contributed by atoms with Crippen molar-refractivity contribution in [1.82, 2.24) is 0 Å². The molecule has 2 aromatic carbocycles. The molecule has 4 rings (SSSR count). The molecule has 0 radical (unpaired) electrons. The molecular weight excluding hydrogens is 364 g/mol. The fourth-order valence-corrected chi connectivity index (χ4v) is 4.92. The van der Waals surface area contributed by atoms with Crippen LogP contribution in [0.1, 0.15) is 69.4 Å². The molecule has 0 saturated carbocycles. The van der Waals surface area contributed by atoms with Gasteiger partial charge in [0.1, 0.15) is 0 Å². The molecule has 2 aliphatic carbocycles. The van der Waals surface area contributed by atoms with Crippen molar-refractivity contribution in [2.45, 2.75) is 64.2 Å². The van der Waals surface area contributed by atoms with E-state index in [2.05, 4.69) is 12.1 Å². The number of benzene rings is 2.